The van der Waals surface area contributed by atoms with Crippen LogP contribution in [0.1, 0.15) is 51.5 Å². The highest BCUT2D eigenvalue weighted by molar-refractivity contribution is 5.06. The predicted molar refractivity (Wildman–Crippen MR) is 68.3 cm³/mol. The molecular weight excluding hydrogens is 217 g/mol. The standard InChI is InChI=1S/C13H24FN3/c1-3-5-6-7-8-9-15-10-12-11-16-17(4-2)13(12)14/h11,15H,3-10H2,1-2H3. The Bertz CT molecular complexity index is 310. The van der Waals surface area contributed by atoms with Gasteiger partial charge >= 0.3 is 0 Å². The van der Waals surface area contributed by atoms with Crippen molar-refractivity contribution in [3.8, 4) is 0 Å². The average molecular weight is 241 g/mol. The molecular formula is C13H24FN3. The Morgan fingerprint density at radius 2 is 2.00 bits per heavy atom. The molecule has 1 N–H and O–H groups in total. The van der Waals surface area contributed by atoms with E-state index >= 15 is 0 Å². The van der Waals surface area contributed by atoms with Crippen LogP contribution >= 0.6 is 0 Å². The Hall–Kier alpha value is -0.900. The van der Waals surface area contributed by atoms with E-state index < -0.39 is 0 Å². The Balaban J connectivity index is 2.11. The lowest BCUT2D eigenvalue weighted by atomic mass is 10.1. The van der Waals surface area contributed by atoms with E-state index in [1.165, 1.54) is 36.8 Å². The Morgan fingerprint density at radius 1 is 1.24 bits per heavy atom. The van der Waals surface area contributed by atoms with Crippen molar-refractivity contribution >= 4 is 0 Å². The van der Waals surface area contributed by atoms with Crippen molar-refractivity contribution in [2.45, 2.75) is 59.0 Å². The van der Waals surface area contributed by atoms with Crippen molar-refractivity contribution in [2.75, 3.05) is 6.54 Å². The lowest BCUT2D eigenvalue weighted by molar-refractivity contribution is 0.459. The highest BCUT2D eigenvalue weighted by Crippen LogP contribution is 2.06. The minimum atomic E-state index is -0.203. The summed E-state index contributed by atoms with van der Waals surface area (Å²) in [7, 11) is 0. The number of hydrogen-bond donors (Lipinski definition) is 1. The summed E-state index contributed by atoms with van der Waals surface area (Å²) in [6.07, 6.45) is 7.94. The molecule has 0 bridgehead atoms. The van der Waals surface area contributed by atoms with Gasteiger partial charge in [-0.15, -0.1) is 0 Å². The molecule has 0 atom stereocenters. The van der Waals surface area contributed by atoms with Crippen molar-refractivity contribution in [1.29, 1.82) is 0 Å². The largest absolute Gasteiger partial charge is 0.312 e. The molecule has 3 nitrogen and oxygen atoms in total. The van der Waals surface area contributed by atoms with E-state index in [1.54, 1.807) is 6.20 Å². The normalized spacial score (nSPS) is 11.0. The van der Waals surface area contributed by atoms with Gasteiger partial charge in [-0.2, -0.15) is 9.49 Å². The topological polar surface area (TPSA) is 29.9 Å². The fourth-order valence-corrected chi connectivity index (χ4v) is 1.82. The molecule has 0 aliphatic rings. The number of aryl methyl sites for hydroxylation is 1. The van der Waals surface area contributed by atoms with Gasteiger partial charge in [0, 0.05) is 18.7 Å². The molecule has 0 saturated heterocycles. The van der Waals surface area contributed by atoms with Crippen LogP contribution in [0.5, 0.6) is 0 Å². The Morgan fingerprint density at radius 3 is 2.65 bits per heavy atom. The maximum atomic E-state index is 13.6. The van der Waals surface area contributed by atoms with Crippen LogP contribution in [0.25, 0.3) is 0 Å². The summed E-state index contributed by atoms with van der Waals surface area (Å²) in [5, 5.41) is 7.24. The van der Waals surface area contributed by atoms with Crippen LogP contribution in [-0.2, 0) is 13.1 Å². The van der Waals surface area contributed by atoms with Gasteiger partial charge in [-0.1, -0.05) is 32.6 Å². The summed E-state index contributed by atoms with van der Waals surface area (Å²) in [6, 6.07) is 0. The third kappa shape index (κ3) is 4.86. The van der Waals surface area contributed by atoms with E-state index in [9.17, 15) is 4.39 Å². The molecule has 0 unspecified atom stereocenters. The van der Waals surface area contributed by atoms with E-state index in [2.05, 4.69) is 17.3 Å². The molecule has 98 valence electrons. The van der Waals surface area contributed by atoms with Gasteiger partial charge in [-0.3, -0.25) is 0 Å². The van der Waals surface area contributed by atoms with Crippen LogP contribution in [0.15, 0.2) is 6.20 Å². The van der Waals surface area contributed by atoms with E-state index in [1.807, 2.05) is 6.92 Å². The lowest BCUT2D eigenvalue weighted by Gasteiger charge is -2.03. The first kappa shape index (κ1) is 14.2. The molecule has 0 aromatic carbocycles. The second-order valence-electron chi connectivity index (χ2n) is 4.37. The Kier molecular flexibility index (Phi) is 6.86. The van der Waals surface area contributed by atoms with Crippen LogP contribution in [-0.4, -0.2) is 16.3 Å². The zero-order valence-electron chi connectivity index (χ0n) is 11.0. The monoisotopic (exact) mass is 241 g/mol. The molecule has 1 aromatic rings. The Labute approximate surface area is 103 Å². The van der Waals surface area contributed by atoms with Gasteiger partial charge in [0.2, 0.25) is 5.95 Å². The third-order valence-electron chi connectivity index (χ3n) is 2.92. The van der Waals surface area contributed by atoms with Gasteiger partial charge in [-0.05, 0) is 19.9 Å². The number of hydrogen-bond acceptors (Lipinski definition) is 2. The quantitative estimate of drug-likeness (QED) is 0.673. The molecule has 0 spiro atoms. The molecule has 17 heavy (non-hydrogen) atoms. The van der Waals surface area contributed by atoms with Crippen molar-refractivity contribution in [1.82, 2.24) is 15.1 Å². The maximum Gasteiger partial charge on any atom is 0.215 e. The number of rotatable bonds is 9. The molecule has 0 aliphatic heterocycles. The van der Waals surface area contributed by atoms with Gasteiger partial charge in [0.1, 0.15) is 0 Å². The maximum absolute atomic E-state index is 13.6. The smallest absolute Gasteiger partial charge is 0.215 e. The van der Waals surface area contributed by atoms with E-state index in [-0.39, 0.29) is 5.95 Å². The zero-order chi connectivity index (χ0) is 12.5. The third-order valence-corrected chi connectivity index (χ3v) is 2.92. The fourth-order valence-electron chi connectivity index (χ4n) is 1.82. The average Bonchev–Trinajstić information content (AvgIpc) is 2.69. The van der Waals surface area contributed by atoms with Crippen LogP contribution in [0, 0.1) is 5.95 Å². The van der Waals surface area contributed by atoms with Crippen LogP contribution < -0.4 is 5.32 Å². The molecule has 0 amide bonds. The van der Waals surface area contributed by atoms with Gasteiger partial charge in [0.25, 0.3) is 0 Å². The minimum Gasteiger partial charge on any atom is -0.312 e. The summed E-state index contributed by atoms with van der Waals surface area (Å²) in [5.74, 6) is -0.203. The SMILES string of the molecule is CCCCCCCNCc1cnn(CC)c1F. The van der Waals surface area contributed by atoms with Gasteiger partial charge in [0.05, 0.1) is 6.20 Å². The number of nitrogens with one attached hydrogen (secondary N) is 1. The van der Waals surface area contributed by atoms with Crippen LogP contribution in [0.2, 0.25) is 0 Å². The van der Waals surface area contributed by atoms with Crippen LogP contribution in [0.4, 0.5) is 4.39 Å². The second kappa shape index (κ2) is 8.23. The van der Waals surface area contributed by atoms with Crippen molar-refractivity contribution in [3.05, 3.63) is 17.7 Å². The number of nitrogens with zero attached hydrogens (tertiary/aromatic N) is 2. The minimum absolute atomic E-state index is 0.203. The second-order valence-corrected chi connectivity index (χ2v) is 4.37. The summed E-state index contributed by atoms with van der Waals surface area (Å²) >= 11 is 0. The van der Waals surface area contributed by atoms with Gasteiger partial charge in [-0.25, -0.2) is 4.68 Å². The number of unbranched alkanes of at least 4 members (excludes halogenated alkanes) is 4. The summed E-state index contributed by atoms with van der Waals surface area (Å²) < 4.78 is 15.0. The summed E-state index contributed by atoms with van der Waals surface area (Å²) in [4.78, 5) is 0. The molecule has 0 fully saturated rings. The highest BCUT2D eigenvalue weighted by Gasteiger charge is 2.07. The first-order valence-electron chi connectivity index (χ1n) is 6.70. The first-order chi connectivity index (χ1) is 8.29. The molecule has 0 saturated carbocycles. The van der Waals surface area contributed by atoms with Crippen molar-refractivity contribution in [2.24, 2.45) is 0 Å². The lowest BCUT2D eigenvalue weighted by Crippen LogP contribution is -2.15. The molecule has 0 aliphatic carbocycles. The summed E-state index contributed by atoms with van der Waals surface area (Å²) in [5.41, 5.74) is 0.667. The molecule has 1 rings (SSSR count). The zero-order valence-corrected chi connectivity index (χ0v) is 11.0. The van der Waals surface area contributed by atoms with E-state index in [0.717, 1.165) is 6.54 Å². The number of aromatic nitrogens is 2. The molecule has 4 heteroatoms. The number of halogens is 1. The van der Waals surface area contributed by atoms with Crippen LogP contribution in [0.3, 0.4) is 0 Å². The van der Waals surface area contributed by atoms with Crippen molar-refractivity contribution < 1.29 is 4.39 Å². The van der Waals surface area contributed by atoms with E-state index in [4.69, 9.17) is 0 Å². The molecule has 1 aromatic heterocycles. The van der Waals surface area contributed by atoms with Gasteiger partial charge < -0.3 is 5.32 Å². The van der Waals surface area contributed by atoms with Crippen molar-refractivity contribution in [3.63, 3.8) is 0 Å². The molecule has 1 heterocycles. The molecule has 0 radical (unpaired) electrons. The highest BCUT2D eigenvalue weighted by atomic mass is 19.1. The van der Waals surface area contributed by atoms with Gasteiger partial charge in [0.15, 0.2) is 0 Å². The summed E-state index contributed by atoms with van der Waals surface area (Å²) in [6.45, 7) is 6.23. The van der Waals surface area contributed by atoms with E-state index in [0.29, 0.717) is 18.7 Å². The fraction of sp³-hybridized carbons (Fsp3) is 0.769. The first-order valence-corrected chi connectivity index (χ1v) is 6.70. The predicted octanol–water partition coefficient (Wildman–Crippen LogP) is 3.10.